The second-order valence-electron chi connectivity index (χ2n) is 6.07. The molecule has 1 aromatic rings. The maximum Gasteiger partial charge on any atom is 0.132 e. The number of aromatic nitrogens is 2. The third-order valence-corrected chi connectivity index (χ3v) is 4.76. The maximum absolute atomic E-state index is 9.66. The van der Waals surface area contributed by atoms with Crippen LogP contribution in [0.3, 0.4) is 0 Å². The minimum Gasteiger partial charge on any atom is -0.396 e. The summed E-state index contributed by atoms with van der Waals surface area (Å²) < 4.78 is 0. The fraction of sp³-hybridized carbons (Fsp3) is 0.733. The predicted molar refractivity (Wildman–Crippen MR) is 75.2 cm³/mol. The zero-order valence-electron chi connectivity index (χ0n) is 11.5. The molecule has 0 aliphatic heterocycles. The van der Waals surface area contributed by atoms with Gasteiger partial charge in [0.05, 0.1) is 6.61 Å². The molecular weight excluding hydrogens is 238 g/mol. The molecule has 2 aliphatic carbocycles. The van der Waals surface area contributed by atoms with Gasteiger partial charge in [-0.05, 0) is 38.5 Å². The van der Waals surface area contributed by atoms with Gasteiger partial charge < -0.3 is 10.4 Å². The van der Waals surface area contributed by atoms with Gasteiger partial charge in [-0.15, -0.1) is 0 Å². The topological polar surface area (TPSA) is 58.0 Å². The lowest BCUT2D eigenvalue weighted by molar-refractivity contribution is 0.142. The molecule has 0 radical (unpaired) electrons. The number of rotatable bonds is 4. The lowest BCUT2D eigenvalue weighted by Gasteiger charge is -2.28. The number of hydrogen-bond donors (Lipinski definition) is 2. The molecule has 104 valence electrons. The maximum atomic E-state index is 9.66. The van der Waals surface area contributed by atoms with Crippen molar-refractivity contribution in [3.05, 3.63) is 17.6 Å². The molecule has 0 saturated heterocycles. The van der Waals surface area contributed by atoms with E-state index in [2.05, 4.69) is 15.3 Å². The molecule has 1 fully saturated rings. The van der Waals surface area contributed by atoms with Crippen molar-refractivity contribution < 1.29 is 5.11 Å². The molecule has 1 aromatic heterocycles. The third-order valence-electron chi connectivity index (χ3n) is 4.76. The molecule has 19 heavy (non-hydrogen) atoms. The van der Waals surface area contributed by atoms with Crippen molar-refractivity contribution in [2.75, 3.05) is 18.5 Å². The molecule has 0 spiro atoms. The molecule has 2 N–H and O–H groups in total. The first kappa shape index (κ1) is 12.9. The van der Waals surface area contributed by atoms with Crippen molar-refractivity contribution in [2.24, 2.45) is 5.41 Å². The van der Waals surface area contributed by atoms with Gasteiger partial charge in [0, 0.05) is 23.2 Å². The predicted octanol–water partition coefficient (Wildman–Crippen LogP) is 2.32. The number of fused-ring (bicyclic) bond motifs is 1. The Bertz CT molecular complexity index is 441. The van der Waals surface area contributed by atoms with Crippen LogP contribution in [0.1, 0.15) is 49.8 Å². The van der Waals surface area contributed by atoms with Gasteiger partial charge in [0.25, 0.3) is 0 Å². The summed E-state index contributed by atoms with van der Waals surface area (Å²) in [4.78, 5) is 8.81. The summed E-state index contributed by atoms with van der Waals surface area (Å²) >= 11 is 0. The van der Waals surface area contributed by atoms with Gasteiger partial charge in [0.15, 0.2) is 0 Å². The zero-order valence-corrected chi connectivity index (χ0v) is 11.5. The van der Waals surface area contributed by atoms with Crippen molar-refractivity contribution >= 4 is 5.82 Å². The van der Waals surface area contributed by atoms with Gasteiger partial charge >= 0.3 is 0 Å². The number of nitrogens with zero attached hydrogens (tertiary/aromatic N) is 2. The summed E-state index contributed by atoms with van der Waals surface area (Å²) in [5.74, 6) is 1.00. The van der Waals surface area contributed by atoms with Crippen LogP contribution >= 0.6 is 0 Å². The molecular formula is C15H23N3O. The average molecular weight is 261 g/mol. The fourth-order valence-corrected chi connectivity index (χ4v) is 3.46. The smallest absolute Gasteiger partial charge is 0.132 e. The van der Waals surface area contributed by atoms with Gasteiger partial charge in [0.1, 0.15) is 12.1 Å². The van der Waals surface area contributed by atoms with Crippen LogP contribution in [0.5, 0.6) is 0 Å². The first-order chi connectivity index (χ1) is 9.33. The number of hydrogen-bond acceptors (Lipinski definition) is 4. The van der Waals surface area contributed by atoms with Crippen LogP contribution in [0.4, 0.5) is 5.82 Å². The minimum atomic E-state index is 0.0759. The van der Waals surface area contributed by atoms with Gasteiger partial charge in [-0.2, -0.15) is 0 Å². The zero-order chi connectivity index (χ0) is 13.1. The average Bonchev–Trinajstić information content (AvgIpc) is 2.94. The van der Waals surface area contributed by atoms with Crippen LogP contribution in [0.2, 0.25) is 0 Å². The molecule has 0 amide bonds. The molecule has 3 rings (SSSR count). The van der Waals surface area contributed by atoms with Crippen molar-refractivity contribution in [3.8, 4) is 0 Å². The van der Waals surface area contributed by atoms with E-state index in [1.165, 1.54) is 36.9 Å². The Kier molecular flexibility index (Phi) is 3.69. The molecule has 4 heteroatoms. The highest BCUT2D eigenvalue weighted by Crippen LogP contribution is 2.38. The van der Waals surface area contributed by atoms with E-state index >= 15 is 0 Å². The van der Waals surface area contributed by atoms with Crippen molar-refractivity contribution in [3.63, 3.8) is 0 Å². The van der Waals surface area contributed by atoms with Crippen LogP contribution in [-0.2, 0) is 12.8 Å². The number of nitrogens with one attached hydrogen (secondary N) is 1. The Morgan fingerprint density at radius 1 is 1.11 bits per heavy atom. The highest BCUT2D eigenvalue weighted by atomic mass is 16.3. The highest BCUT2D eigenvalue weighted by Gasteiger charge is 2.33. The van der Waals surface area contributed by atoms with Crippen LogP contribution in [0.25, 0.3) is 0 Å². The van der Waals surface area contributed by atoms with E-state index in [9.17, 15) is 5.11 Å². The quantitative estimate of drug-likeness (QED) is 0.873. The second kappa shape index (κ2) is 5.45. The lowest BCUT2D eigenvalue weighted by Crippen LogP contribution is -2.31. The van der Waals surface area contributed by atoms with E-state index in [-0.39, 0.29) is 12.0 Å². The largest absolute Gasteiger partial charge is 0.396 e. The Morgan fingerprint density at radius 3 is 2.68 bits per heavy atom. The third kappa shape index (κ3) is 2.59. The highest BCUT2D eigenvalue weighted by molar-refractivity contribution is 5.47. The summed E-state index contributed by atoms with van der Waals surface area (Å²) in [6, 6.07) is 0. The summed E-state index contributed by atoms with van der Waals surface area (Å²) in [6.45, 7) is 1.13. The van der Waals surface area contributed by atoms with E-state index in [0.717, 1.165) is 38.0 Å². The number of aryl methyl sites for hydroxylation is 1. The van der Waals surface area contributed by atoms with Gasteiger partial charge in [-0.25, -0.2) is 9.97 Å². The van der Waals surface area contributed by atoms with Crippen LogP contribution in [0.15, 0.2) is 6.33 Å². The summed E-state index contributed by atoms with van der Waals surface area (Å²) in [6.07, 6.45) is 11.1. The molecule has 1 saturated carbocycles. The SMILES string of the molecule is OCC1(CNc2ncnc3c2CCCC3)CCCC1. The molecule has 4 nitrogen and oxygen atoms in total. The second-order valence-corrected chi connectivity index (χ2v) is 6.07. The number of aliphatic hydroxyl groups excluding tert-OH is 1. The van der Waals surface area contributed by atoms with E-state index in [4.69, 9.17) is 0 Å². The molecule has 0 atom stereocenters. The summed E-state index contributed by atoms with van der Waals surface area (Å²) in [7, 11) is 0. The molecule has 1 heterocycles. The Balaban J connectivity index is 1.73. The van der Waals surface area contributed by atoms with E-state index < -0.39 is 0 Å². The summed E-state index contributed by atoms with van der Waals surface area (Å²) in [5, 5.41) is 13.2. The molecule has 0 bridgehead atoms. The van der Waals surface area contributed by atoms with Gasteiger partial charge in [0.2, 0.25) is 0 Å². The van der Waals surface area contributed by atoms with Gasteiger partial charge in [-0.1, -0.05) is 12.8 Å². The molecule has 0 aromatic carbocycles. The van der Waals surface area contributed by atoms with Crippen LogP contribution in [0, 0.1) is 5.41 Å². The van der Waals surface area contributed by atoms with Crippen LogP contribution in [-0.4, -0.2) is 28.2 Å². The fourth-order valence-electron chi connectivity index (χ4n) is 3.46. The normalized spacial score (nSPS) is 21.1. The minimum absolute atomic E-state index is 0.0759. The summed E-state index contributed by atoms with van der Waals surface area (Å²) in [5.41, 5.74) is 2.60. The standard InChI is InChI=1S/C15H23N3O/c19-10-15(7-3-4-8-15)9-16-14-12-5-1-2-6-13(12)17-11-18-14/h11,19H,1-10H2,(H,16,17,18). The van der Waals surface area contributed by atoms with E-state index in [1.54, 1.807) is 6.33 Å². The Morgan fingerprint density at radius 2 is 1.89 bits per heavy atom. The first-order valence-corrected chi connectivity index (χ1v) is 7.50. The van der Waals surface area contributed by atoms with Crippen molar-refractivity contribution in [1.82, 2.24) is 9.97 Å². The lowest BCUT2D eigenvalue weighted by atomic mass is 9.87. The first-order valence-electron chi connectivity index (χ1n) is 7.50. The Hall–Kier alpha value is -1.16. The Labute approximate surface area is 114 Å². The van der Waals surface area contributed by atoms with Crippen LogP contribution < -0.4 is 5.32 Å². The molecule has 0 unspecified atom stereocenters. The number of anilines is 1. The van der Waals surface area contributed by atoms with Crippen molar-refractivity contribution in [2.45, 2.75) is 51.4 Å². The van der Waals surface area contributed by atoms with E-state index in [0.29, 0.717) is 0 Å². The number of aliphatic hydroxyl groups is 1. The van der Waals surface area contributed by atoms with E-state index in [1.807, 2.05) is 0 Å². The monoisotopic (exact) mass is 261 g/mol. The van der Waals surface area contributed by atoms with Crippen molar-refractivity contribution in [1.29, 1.82) is 0 Å². The van der Waals surface area contributed by atoms with Gasteiger partial charge in [-0.3, -0.25) is 0 Å². The molecule has 2 aliphatic rings.